The van der Waals surface area contributed by atoms with Crippen LogP contribution in [0.1, 0.15) is 12.0 Å². The Balaban J connectivity index is 1.30. The van der Waals surface area contributed by atoms with Gasteiger partial charge in [0.15, 0.2) is 0 Å². The largest absolute Gasteiger partial charge is 0.488 e. The standard InChI is InChI=1S/C23H20FN5O2/c24-21-17(4-3-10-26-21)14-29-13-9-18(15-29)30-20-6-2-1-5-19(20)23-27-22(28-31-23)16-7-11-25-12-8-16/h1-8,10-12,18H,9,13-15H2. The fraction of sp³-hybridized carbons (Fsp3) is 0.217. The molecule has 1 aliphatic rings. The van der Waals surface area contributed by atoms with Crippen LogP contribution >= 0.6 is 0 Å². The van der Waals surface area contributed by atoms with Gasteiger partial charge in [-0.25, -0.2) is 4.98 Å². The van der Waals surface area contributed by atoms with Gasteiger partial charge in [0, 0.05) is 49.4 Å². The van der Waals surface area contributed by atoms with E-state index >= 15 is 0 Å². The molecular formula is C23H20FN5O2. The Labute approximate surface area is 178 Å². The maximum atomic E-state index is 13.9. The zero-order valence-corrected chi connectivity index (χ0v) is 16.7. The Hall–Kier alpha value is -3.65. The van der Waals surface area contributed by atoms with Crippen LogP contribution in [0.4, 0.5) is 4.39 Å². The second-order valence-electron chi connectivity index (χ2n) is 7.37. The van der Waals surface area contributed by atoms with E-state index in [1.807, 2.05) is 36.4 Å². The molecule has 31 heavy (non-hydrogen) atoms. The molecule has 0 bridgehead atoms. The lowest BCUT2D eigenvalue weighted by Gasteiger charge is -2.18. The van der Waals surface area contributed by atoms with Gasteiger partial charge in [-0.05, 0) is 36.8 Å². The van der Waals surface area contributed by atoms with Crippen molar-refractivity contribution >= 4 is 0 Å². The monoisotopic (exact) mass is 417 g/mol. The maximum Gasteiger partial charge on any atom is 0.262 e. The molecule has 0 saturated carbocycles. The SMILES string of the molecule is Fc1ncccc1CN1CCC(Oc2ccccc2-c2nc(-c3ccncc3)no2)C1. The van der Waals surface area contributed by atoms with Crippen LogP contribution in [-0.4, -0.2) is 44.2 Å². The van der Waals surface area contributed by atoms with Crippen molar-refractivity contribution in [3.8, 4) is 28.6 Å². The predicted molar refractivity (Wildman–Crippen MR) is 111 cm³/mol. The van der Waals surface area contributed by atoms with Gasteiger partial charge in [0.25, 0.3) is 5.89 Å². The maximum absolute atomic E-state index is 13.9. The van der Waals surface area contributed by atoms with Crippen LogP contribution in [0.25, 0.3) is 22.8 Å². The average Bonchev–Trinajstić information content (AvgIpc) is 3.46. The van der Waals surface area contributed by atoms with Crippen molar-refractivity contribution < 1.29 is 13.7 Å². The number of halogens is 1. The van der Waals surface area contributed by atoms with E-state index in [1.54, 1.807) is 24.5 Å². The number of rotatable bonds is 6. The number of nitrogens with zero attached hydrogens (tertiary/aromatic N) is 5. The Bertz CT molecular complexity index is 1170. The molecule has 1 unspecified atom stereocenters. The van der Waals surface area contributed by atoms with Gasteiger partial charge in [-0.3, -0.25) is 9.88 Å². The zero-order chi connectivity index (χ0) is 21.0. The number of likely N-dealkylation sites (tertiary alicyclic amines) is 1. The summed E-state index contributed by atoms with van der Waals surface area (Å²) in [5.41, 5.74) is 2.17. The Kier molecular flexibility index (Phi) is 5.37. The van der Waals surface area contributed by atoms with Crippen LogP contribution in [0, 0.1) is 5.95 Å². The summed E-state index contributed by atoms with van der Waals surface area (Å²) in [5, 5.41) is 4.08. The summed E-state index contributed by atoms with van der Waals surface area (Å²) in [4.78, 5) is 14.4. The summed E-state index contributed by atoms with van der Waals surface area (Å²) in [6.07, 6.45) is 5.67. The lowest BCUT2D eigenvalue weighted by molar-refractivity contribution is 0.198. The first-order valence-electron chi connectivity index (χ1n) is 10.1. The van der Waals surface area contributed by atoms with E-state index in [-0.39, 0.29) is 6.10 Å². The van der Waals surface area contributed by atoms with Crippen LogP contribution in [0.2, 0.25) is 0 Å². The van der Waals surface area contributed by atoms with Crippen molar-refractivity contribution in [2.24, 2.45) is 0 Å². The molecule has 8 heteroatoms. The highest BCUT2D eigenvalue weighted by molar-refractivity contribution is 5.65. The quantitative estimate of drug-likeness (QED) is 0.439. The highest BCUT2D eigenvalue weighted by Crippen LogP contribution is 2.32. The third-order valence-corrected chi connectivity index (χ3v) is 5.24. The number of hydrogen-bond acceptors (Lipinski definition) is 7. The molecule has 0 N–H and O–H groups in total. The van der Waals surface area contributed by atoms with E-state index in [4.69, 9.17) is 9.26 Å². The van der Waals surface area contributed by atoms with Gasteiger partial charge < -0.3 is 9.26 Å². The van der Waals surface area contributed by atoms with E-state index in [1.165, 1.54) is 6.20 Å². The molecule has 7 nitrogen and oxygen atoms in total. The number of pyridine rings is 2. The number of benzene rings is 1. The molecule has 0 spiro atoms. The molecule has 1 saturated heterocycles. The fourth-order valence-corrected chi connectivity index (χ4v) is 3.69. The van der Waals surface area contributed by atoms with Crippen molar-refractivity contribution in [1.82, 2.24) is 25.0 Å². The second-order valence-corrected chi connectivity index (χ2v) is 7.37. The van der Waals surface area contributed by atoms with Crippen molar-refractivity contribution in [3.05, 3.63) is 78.6 Å². The summed E-state index contributed by atoms with van der Waals surface area (Å²) in [6, 6.07) is 14.8. The van der Waals surface area contributed by atoms with E-state index < -0.39 is 5.95 Å². The number of aromatic nitrogens is 4. The van der Waals surface area contributed by atoms with Crippen LogP contribution < -0.4 is 4.74 Å². The number of para-hydroxylation sites is 1. The minimum Gasteiger partial charge on any atom is -0.488 e. The molecule has 4 aromatic rings. The lowest BCUT2D eigenvalue weighted by Crippen LogP contribution is -2.25. The molecule has 0 aliphatic carbocycles. The molecule has 5 rings (SSSR count). The molecule has 0 amide bonds. The summed E-state index contributed by atoms with van der Waals surface area (Å²) in [6.45, 7) is 2.04. The summed E-state index contributed by atoms with van der Waals surface area (Å²) in [5.74, 6) is 1.16. The van der Waals surface area contributed by atoms with E-state index in [9.17, 15) is 4.39 Å². The van der Waals surface area contributed by atoms with Crippen LogP contribution in [-0.2, 0) is 6.54 Å². The second kappa shape index (κ2) is 8.61. The minimum atomic E-state index is -0.418. The molecule has 156 valence electrons. The third kappa shape index (κ3) is 4.29. The molecular weight excluding hydrogens is 397 g/mol. The van der Waals surface area contributed by atoms with E-state index in [0.717, 1.165) is 24.1 Å². The van der Waals surface area contributed by atoms with Gasteiger partial charge in [0.1, 0.15) is 11.9 Å². The first-order valence-corrected chi connectivity index (χ1v) is 10.1. The summed E-state index contributed by atoms with van der Waals surface area (Å²) < 4.78 is 25.6. The number of ether oxygens (including phenoxy) is 1. The third-order valence-electron chi connectivity index (χ3n) is 5.24. The Morgan fingerprint density at radius 1 is 1.06 bits per heavy atom. The van der Waals surface area contributed by atoms with Crippen LogP contribution in [0.15, 0.2) is 71.6 Å². The van der Waals surface area contributed by atoms with Crippen molar-refractivity contribution in [1.29, 1.82) is 0 Å². The van der Waals surface area contributed by atoms with Gasteiger partial charge in [-0.1, -0.05) is 23.4 Å². The van der Waals surface area contributed by atoms with Crippen LogP contribution in [0.5, 0.6) is 5.75 Å². The average molecular weight is 417 g/mol. The fourth-order valence-electron chi connectivity index (χ4n) is 3.69. The lowest BCUT2D eigenvalue weighted by atomic mass is 10.2. The summed E-state index contributed by atoms with van der Waals surface area (Å²) in [7, 11) is 0. The topological polar surface area (TPSA) is 77.2 Å². The first kappa shape index (κ1) is 19.3. The van der Waals surface area contributed by atoms with Gasteiger partial charge in [-0.15, -0.1) is 0 Å². The molecule has 1 atom stereocenters. The summed E-state index contributed by atoms with van der Waals surface area (Å²) >= 11 is 0. The molecule has 3 aromatic heterocycles. The van der Waals surface area contributed by atoms with Crippen LogP contribution in [0.3, 0.4) is 0 Å². The Morgan fingerprint density at radius 3 is 2.81 bits per heavy atom. The number of hydrogen-bond donors (Lipinski definition) is 0. The highest BCUT2D eigenvalue weighted by Gasteiger charge is 2.26. The minimum absolute atomic E-state index is 0.0107. The highest BCUT2D eigenvalue weighted by atomic mass is 19.1. The first-order chi connectivity index (χ1) is 15.3. The van der Waals surface area contributed by atoms with E-state index in [0.29, 0.717) is 36.1 Å². The predicted octanol–water partition coefficient (Wildman–Crippen LogP) is 3.99. The zero-order valence-electron chi connectivity index (χ0n) is 16.7. The van der Waals surface area contributed by atoms with E-state index in [2.05, 4.69) is 25.0 Å². The van der Waals surface area contributed by atoms with Gasteiger partial charge in [-0.2, -0.15) is 9.37 Å². The normalized spacial score (nSPS) is 16.5. The van der Waals surface area contributed by atoms with Crippen molar-refractivity contribution in [2.75, 3.05) is 13.1 Å². The molecule has 1 aromatic carbocycles. The molecule has 4 heterocycles. The van der Waals surface area contributed by atoms with Crippen molar-refractivity contribution in [2.45, 2.75) is 19.1 Å². The van der Waals surface area contributed by atoms with Crippen molar-refractivity contribution in [3.63, 3.8) is 0 Å². The smallest absolute Gasteiger partial charge is 0.262 e. The molecule has 1 aliphatic heterocycles. The molecule has 0 radical (unpaired) electrons. The Morgan fingerprint density at radius 2 is 1.94 bits per heavy atom. The van der Waals surface area contributed by atoms with Gasteiger partial charge >= 0.3 is 0 Å². The van der Waals surface area contributed by atoms with Gasteiger partial charge in [0.2, 0.25) is 11.8 Å². The van der Waals surface area contributed by atoms with Gasteiger partial charge in [0.05, 0.1) is 5.56 Å². The molecule has 1 fully saturated rings.